The van der Waals surface area contributed by atoms with E-state index >= 15 is 0 Å². The van der Waals surface area contributed by atoms with E-state index in [1.54, 1.807) is 0 Å². The van der Waals surface area contributed by atoms with Crippen LogP contribution in [0.1, 0.15) is 83.5 Å². The molecule has 140 valence electrons. The summed E-state index contributed by atoms with van der Waals surface area (Å²) in [5.41, 5.74) is 1.31. The van der Waals surface area contributed by atoms with Crippen molar-refractivity contribution in [3.63, 3.8) is 0 Å². The van der Waals surface area contributed by atoms with Gasteiger partial charge in [0, 0.05) is 38.2 Å². The second-order valence-corrected chi connectivity index (χ2v) is 7.95. The van der Waals surface area contributed by atoms with E-state index in [1.165, 1.54) is 37.8 Å². The standard InChI is InChI=1S/C21H34N2O2/c24-20(22-15-7-1-2-8-16-22)13-5-6-14-21(25)23-17-9-11-18-10-3-4-12-19(18)23/h12,18H,1-11,13-17H2. The van der Waals surface area contributed by atoms with Crippen LogP contribution in [0.25, 0.3) is 0 Å². The summed E-state index contributed by atoms with van der Waals surface area (Å²) in [5.74, 6) is 1.19. The predicted molar refractivity (Wildman–Crippen MR) is 99.9 cm³/mol. The summed E-state index contributed by atoms with van der Waals surface area (Å²) >= 11 is 0. The lowest BCUT2D eigenvalue weighted by molar-refractivity contribution is -0.132. The molecule has 2 fully saturated rings. The molecule has 25 heavy (non-hydrogen) atoms. The van der Waals surface area contributed by atoms with E-state index in [9.17, 15) is 9.59 Å². The number of likely N-dealkylation sites (tertiary alicyclic amines) is 2. The number of allylic oxidation sites excluding steroid dienone is 2. The summed E-state index contributed by atoms with van der Waals surface area (Å²) in [5, 5.41) is 0. The van der Waals surface area contributed by atoms with Gasteiger partial charge < -0.3 is 9.80 Å². The molecule has 0 N–H and O–H groups in total. The lowest BCUT2D eigenvalue weighted by Crippen LogP contribution is -2.38. The number of rotatable bonds is 5. The lowest BCUT2D eigenvalue weighted by Gasteiger charge is -2.38. The van der Waals surface area contributed by atoms with Gasteiger partial charge in [0.1, 0.15) is 0 Å². The fraction of sp³-hybridized carbons (Fsp3) is 0.810. The smallest absolute Gasteiger partial charge is 0.226 e. The summed E-state index contributed by atoms with van der Waals surface area (Å²) in [4.78, 5) is 29.0. The Hall–Kier alpha value is -1.32. The number of carbonyl (C=O) groups is 2. The normalized spacial score (nSPS) is 24.3. The van der Waals surface area contributed by atoms with Gasteiger partial charge in [-0.2, -0.15) is 0 Å². The average molecular weight is 347 g/mol. The topological polar surface area (TPSA) is 40.6 Å². The molecule has 2 aliphatic heterocycles. The van der Waals surface area contributed by atoms with Crippen molar-refractivity contribution in [1.82, 2.24) is 9.80 Å². The highest BCUT2D eigenvalue weighted by Gasteiger charge is 2.29. The molecule has 1 atom stereocenters. The number of carbonyl (C=O) groups excluding carboxylic acids is 2. The highest BCUT2D eigenvalue weighted by molar-refractivity contribution is 5.79. The number of hydrogen-bond acceptors (Lipinski definition) is 2. The van der Waals surface area contributed by atoms with Crippen molar-refractivity contribution in [1.29, 1.82) is 0 Å². The monoisotopic (exact) mass is 346 g/mol. The first-order valence-corrected chi connectivity index (χ1v) is 10.5. The van der Waals surface area contributed by atoms with Crippen LogP contribution in [0.3, 0.4) is 0 Å². The van der Waals surface area contributed by atoms with Crippen LogP contribution in [0, 0.1) is 5.92 Å². The molecule has 0 bridgehead atoms. The largest absolute Gasteiger partial charge is 0.343 e. The fourth-order valence-corrected chi connectivity index (χ4v) is 4.61. The van der Waals surface area contributed by atoms with Gasteiger partial charge in [-0.05, 0) is 63.7 Å². The molecule has 1 aliphatic carbocycles. The van der Waals surface area contributed by atoms with Gasteiger partial charge in [0.15, 0.2) is 0 Å². The van der Waals surface area contributed by atoms with E-state index in [1.807, 2.05) is 4.90 Å². The van der Waals surface area contributed by atoms with E-state index in [2.05, 4.69) is 11.0 Å². The highest BCUT2D eigenvalue weighted by atomic mass is 16.2. The van der Waals surface area contributed by atoms with Gasteiger partial charge in [0.2, 0.25) is 11.8 Å². The van der Waals surface area contributed by atoms with Crippen molar-refractivity contribution in [2.45, 2.75) is 83.5 Å². The Bertz CT molecular complexity index is 492. The zero-order valence-electron chi connectivity index (χ0n) is 15.7. The van der Waals surface area contributed by atoms with Crippen molar-refractivity contribution < 1.29 is 9.59 Å². The van der Waals surface area contributed by atoms with Crippen molar-refractivity contribution in [3.05, 3.63) is 11.8 Å². The van der Waals surface area contributed by atoms with Crippen LogP contribution in [0.15, 0.2) is 11.8 Å². The fourth-order valence-electron chi connectivity index (χ4n) is 4.61. The molecule has 0 spiro atoms. The molecule has 0 aromatic heterocycles. The van der Waals surface area contributed by atoms with Crippen LogP contribution in [0.2, 0.25) is 0 Å². The third-order valence-corrected chi connectivity index (χ3v) is 6.07. The summed E-state index contributed by atoms with van der Waals surface area (Å²) in [6.07, 6.45) is 16.0. The molecule has 4 heteroatoms. The highest BCUT2D eigenvalue weighted by Crippen LogP contribution is 2.35. The molecule has 0 saturated carbocycles. The Morgan fingerprint density at radius 1 is 0.840 bits per heavy atom. The van der Waals surface area contributed by atoms with Crippen LogP contribution in [-0.2, 0) is 9.59 Å². The van der Waals surface area contributed by atoms with Gasteiger partial charge >= 0.3 is 0 Å². The van der Waals surface area contributed by atoms with Gasteiger partial charge in [-0.1, -0.05) is 18.9 Å². The Morgan fingerprint density at radius 2 is 1.52 bits per heavy atom. The number of amides is 2. The number of unbranched alkanes of at least 4 members (excludes halogenated alkanes) is 1. The number of piperidine rings is 1. The van der Waals surface area contributed by atoms with Gasteiger partial charge in [-0.3, -0.25) is 9.59 Å². The van der Waals surface area contributed by atoms with E-state index in [-0.39, 0.29) is 5.91 Å². The Morgan fingerprint density at radius 3 is 2.28 bits per heavy atom. The molecule has 4 nitrogen and oxygen atoms in total. The van der Waals surface area contributed by atoms with Gasteiger partial charge in [0.05, 0.1) is 0 Å². The predicted octanol–water partition coefficient (Wildman–Crippen LogP) is 4.26. The molecule has 0 aromatic rings. The summed E-state index contributed by atoms with van der Waals surface area (Å²) in [7, 11) is 0. The maximum absolute atomic E-state index is 12.6. The molecular weight excluding hydrogens is 312 g/mol. The molecule has 0 radical (unpaired) electrons. The van der Waals surface area contributed by atoms with Gasteiger partial charge in [0.25, 0.3) is 0 Å². The minimum Gasteiger partial charge on any atom is -0.343 e. The van der Waals surface area contributed by atoms with Gasteiger partial charge in [-0.25, -0.2) is 0 Å². The molecule has 1 unspecified atom stereocenters. The molecular formula is C21H34N2O2. The first-order chi connectivity index (χ1) is 12.3. The SMILES string of the molecule is O=C(CCCCC(=O)N1CCCC2CCCC=C21)N1CCCCCC1. The van der Waals surface area contributed by atoms with Crippen LogP contribution in [0.5, 0.6) is 0 Å². The maximum atomic E-state index is 12.6. The van der Waals surface area contributed by atoms with E-state index in [0.717, 1.165) is 58.2 Å². The van der Waals surface area contributed by atoms with Crippen molar-refractivity contribution in [3.8, 4) is 0 Å². The van der Waals surface area contributed by atoms with Crippen LogP contribution in [0.4, 0.5) is 0 Å². The number of fused-ring (bicyclic) bond motifs is 1. The molecule has 2 amide bonds. The Labute approximate surface area is 152 Å². The van der Waals surface area contributed by atoms with Crippen LogP contribution in [-0.4, -0.2) is 41.2 Å². The minimum atomic E-state index is 0.278. The lowest BCUT2D eigenvalue weighted by atomic mass is 9.85. The average Bonchev–Trinajstić information content (AvgIpc) is 2.94. The molecule has 0 aromatic carbocycles. The summed E-state index contributed by atoms with van der Waals surface area (Å²) < 4.78 is 0. The number of nitrogens with zero attached hydrogens (tertiary/aromatic N) is 2. The van der Waals surface area contributed by atoms with Gasteiger partial charge in [-0.15, -0.1) is 0 Å². The first kappa shape index (κ1) is 18.5. The Balaban J connectivity index is 1.39. The molecule has 2 heterocycles. The zero-order valence-corrected chi connectivity index (χ0v) is 15.7. The number of hydrogen-bond donors (Lipinski definition) is 0. The third-order valence-electron chi connectivity index (χ3n) is 6.07. The molecule has 3 rings (SSSR count). The third kappa shape index (κ3) is 5.08. The zero-order chi connectivity index (χ0) is 17.5. The summed E-state index contributed by atoms with van der Waals surface area (Å²) in [6.45, 7) is 2.76. The second-order valence-electron chi connectivity index (χ2n) is 7.95. The maximum Gasteiger partial charge on any atom is 0.226 e. The van der Waals surface area contributed by atoms with Crippen LogP contribution >= 0.6 is 0 Å². The summed E-state index contributed by atoms with van der Waals surface area (Å²) in [6, 6.07) is 0. The van der Waals surface area contributed by atoms with Crippen LogP contribution < -0.4 is 0 Å². The first-order valence-electron chi connectivity index (χ1n) is 10.5. The molecule has 2 saturated heterocycles. The molecule has 3 aliphatic rings. The van der Waals surface area contributed by atoms with E-state index in [0.29, 0.717) is 24.7 Å². The quantitative estimate of drug-likeness (QED) is 0.698. The van der Waals surface area contributed by atoms with Crippen molar-refractivity contribution in [2.24, 2.45) is 5.92 Å². The van der Waals surface area contributed by atoms with Crippen molar-refractivity contribution >= 4 is 11.8 Å². The Kier molecular flexibility index (Phi) is 6.94. The minimum absolute atomic E-state index is 0.278. The second kappa shape index (κ2) is 9.40. The van der Waals surface area contributed by atoms with E-state index < -0.39 is 0 Å². The van der Waals surface area contributed by atoms with E-state index in [4.69, 9.17) is 0 Å². The van der Waals surface area contributed by atoms with Crippen molar-refractivity contribution in [2.75, 3.05) is 19.6 Å².